The van der Waals surface area contributed by atoms with Crippen molar-refractivity contribution < 1.29 is 4.79 Å². The van der Waals surface area contributed by atoms with Gasteiger partial charge in [-0.15, -0.1) is 0 Å². The first-order chi connectivity index (χ1) is 13.7. The van der Waals surface area contributed by atoms with Crippen LogP contribution in [0.25, 0.3) is 0 Å². The molecule has 0 aliphatic carbocycles. The van der Waals surface area contributed by atoms with Crippen molar-refractivity contribution in [2.75, 3.05) is 44.2 Å². The van der Waals surface area contributed by atoms with E-state index < -0.39 is 0 Å². The second-order valence-corrected chi connectivity index (χ2v) is 7.78. The number of amides is 1. The van der Waals surface area contributed by atoms with Gasteiger partial charge in [-0.3, -0.25) is 14.5 Å². The second kappa shape index (κ2) is 7.05. The highest BCUT2D eigenvalue weighted by molar-refractivity contribution is 6.01. The monoisotopic (exact) mass is 378 g/mol. The highest BCUT2D eigenvalue weighted by atomic mass is 16.2. The van der Waals surface area contributed by atoms with Crippen molar-refractivity contribution in [1.82, 2.24) is 20.0 Å². The van der Waals surface area contributed by atoms with Crippen molar-refractivity contribution in [3.05, 3.63) is 47.3 Å². The molecular weight excluding hydrogens is 352 g/mol. The maximum absolute atomic E-state index is 12.8. The summed E-state index contributed by atoms with van der Waals surface area (Å²) in [6.07, 6.45) is 3.57. The molecule has 0 spiro atoms. The number of hydrogen-bond donors (Lipinski definition) is 1. The summed E-state index contributed by atoms with van der Waals surface area (Å²) in [6.45, 7) is 5.09. The van der Waals surface area contributed by atoms with Gasteiger partial charge in [0.1, 0.15) is 12.2 Å². The number of carbonyl (C=O) groups is 1. The first-order valence-corrected chi connectivity index (χ1v) is 10.1. The standard InChI is InChI=1S/C21H26N6O/c1-25-9-6-17(24-25)18-13-20-15-3-2-4-19(26-11-7-22-8-12-26)16(15)5-10-27(20)21(28)14-23-18/h2-4,6,9,20,22H,5,7-8,10-14H2,1H3. The maximum Gasteiger partial charge on any atom is 0.244 e. The largest absolute Gasteiger partial charge is 0.369 e. The van der Waals surface area contributed by atoms with E-state index in [1.807, 2.05) is 24.2 Å². The lowest BCUT2D eigenvalue weighted by molar-refractivity contribution is -0.132. The molecule has 0 bridgehead atoms. The van der Waals surface area contributed by atoms with Crippen LogP contribution < -0.4 is 10.2 Å². The zero-order chi connectivity index (χ0) is 19.1. The van der Waals surface area contributed by atoms with E-state index in [-0.39, 0.29) is 18.5 Å². The minimum absolute atomic E-state index is 0.0439. The first kappa shape index (κ1) is 17.4. The molecule has 3 aliphatic rings. The van der Waals surface area contributed by atoms with Gasteiger partial charge in [0, 0.05) is 58.1 Å². The van der Waals surface area contributed by atoms with E-state index in [0.29, 0.717) is 0 Å². The second-order valence-electron chi connectivity index (χ2n) is 7.78. The molecule has 28 heavy (non-hydrogen) atoms. The van der Waals surface area contributed by atoms with Crippen LogP contribution in [0.3, 0.4) is 0 Å². The number of aliphatic imine (C=N–C) groups is 1. The Morgan fingerprint density at radius 3 is 2.79 bits per heavy atom. The Kier molecular flexibility index (Phi) is 4.39. The molecule has 1 fully saturated rings. The number of rotatable bonds is 2. The summed E-state index contributed by atoms with van der Waals surface area (Å²) >= 11 is 0. The molecule has 1 aromatic heterocycles. The van der Waals surface area contributed by atoms with E-state index in [1.54, 1.807) is 4.68 Å². The SMILES string of the molecule is Cn1ccc(C2=NCC(=O)N3CCc4c(cccc4N4CCNCC4)C3C2)n1. The van der Waals surface area contributed by atoms with E-state index in [2.05, 4.69) is 38.5 Å². The van der Waals surface area contributed by atoms with Gasteiger partial charge in [0.25, 0.3) is 0 Å². The van der Waals surface area contributed by atoms with Crippen molar-refractivity contribution in [1.29, 1.82) is 0 Å². The van der Waals surface area contributed by atoms with Gasteiger partial charge in [0.05, 0.1) is 11.8 Å². The number of hydrogen-bond acceptors (Lipinski definition) is 5. The van der Waals surface area contributed by atoms with Crippen LogP contribution in [0.1, 0.15) is 29.3 Å². The van der Waals surface area contributed by atoms with Gasteiger partial charge in [0.15, 0.2) is 0 Å². The molecule has 2 aromatic rings. The van der Waals surface area contributed by atoms with E-state index in [1.165, 1.54) is 16.8 Å². The molecule has 3 aliphatic heterocycles. The molecule has 146 valence electrons. The van der Waals surface area contributed by atoms with Gasteiger partial charge in [-0.25, -0.2) is 0 Å². The van der Waals surface area contributed by atoms with Crippen molar-refractivity contribution >= 4 is 17.3 Å². The maximum atomic E-state index is 12.8. The summed E-state index contributed by atoms with van der Waals surface area (Å²) in [5.41, 5.74) is 5.83. The highest BCUT2D eigenvalue weighted by Crippen LogP contribution is 2.39. The lowest BCUT2D eigenvalue weighted by atomic mass is 9.87. The molecule has 0 saturated carbocycles. The van der Waals surface area contributed by atoms with E-state index >= 15 is 0 Å². The van der Waals surface area contributed by atoms with Gasteiger partial charge in [0.2, 0.25) is 5.91 Å². The van der Waals surface area contributed by atoms with Crippen LogP contribution in [0, 0.1) is 0 Å². The molecule has 1 N–H and O–H groups in total. The smallest absolute Gasteiger partial charge is 0.244 e. The van der Waals surface area contributed by atoms with Crippen molar-refractivity contribution in [3.8, 4) is 0 Å². The number of fused-ring (bicyclic) bond motifs is 3. The van der Waals surface area contributed by atoms with Crippen molar-refractivity contribution in [2.24, 2.45) is 12.0 Å². The number of piperazine rings is 1. The fraction of sp³-hybridized carbons (Fsp3) is 0.476. The molecule has 5 rings (SSSR count). The van der Waals surface area contributed by atoms with Crippen molar-refractivity contribution in [2.45, 2.75) is 18.9 Å². The van der Waals surface area contributed by atoms with Crippen LogP contribution in [0.2, 0.25) is 0 Å². The molecule has 1 unspecified atom stereocenters. The molecule has 1 amide bonds. The molecule has 0 radical (unpaired) electrons. The molecule has 4 heterocycles. The van der Waals surface area contributed by atoms with Crippen LogP contribution in [0.5, 0.6) is 0 Å². The minimum atomic E-state index is 0.0439. The summed E-state index contributed by atoms with van der Waals surface area (Å²) in [4.78, 5) is 21.9. The van der Waals surface area contributed by atoms with E-state index in [9.17, 15) is 4.79 Å². The highest BCUT2D eigenvalue weighted by Gasteiger charge is 2.35. The number of aromatic nitrogens is 2. The zero-order valence-electron chi connectivity index (χ0n) is 16.3. The summed E-state index contributed by atoms with van der Waals surface area (Å²) in [5, 5.41) is 7.96. The Morgan fingerprint density at radius 2 is 2.00 bits per heavy atom. The Bertz CT molecular complexity index is 927. The third-order valence-electron chi connectivity index (χ3n) is 6.10. The van der Waals surface area contributed by atoms with Crippen LogP contribution in [-0.4, -0.2) is 65.6 Å². The minimum Gasteiger partial charge on any atom is -0.369 e. The molecule has 1 saturated heterocycles. The summed E-state index contributed by atoms with van der Waals surface area (Å²) < 4.78 is 1.79. The Hall–Kier alpha value is -2.67. The van der Waals surface area contributed by atoms with E-state index in [0.717, 1.165) is 57.0 Å². The predicted molar refractivity (Wildman–Crippen MR) is 109 cm³/mol. The predicted octanol–water partition coefficient (Wildman–Crippen LogP) is 1.15. The van der Waals surface area contributed by atoms with Crippen LogP contribution in [0.4, 0.5) is 5.69 Å². The lowest BCUT2D eigenvalue weighted by Gasteiger charge is -2.39. The van der Waals surface area contributed by atoms with Crippen molar-refractivity contribution in [3.63, 3.8) is 0 Å². The number of nitrogens with one attached hydrogen (secondary N) is 1. The number of carbonyl (C=O) groups excluding carboxylic acids is 1. The van der Waals surface area contributed by atoms with Gasteiger partial charge >= 0.3 is 0 Å². The molecule has 1 atom stereocenters. The average Bonchev–Trinajstić information content (AvgIpc) is 3.09. The normalized spacial score (nSPS) is 22.4. The van der Waals surface area contributed by atoms with Gasteiger partial charge in [-0.1, -0.05) is 12.1 Å². The zero-order valence-corrected chi connectivity index (χ0v) is 16.3. The third-order valence-corrected chi connectivity index (χ3v) is 6.10. The Morgan fingerprint density at radius 1 is 1.14 bits per heavy atom. The summed E-state index contributed by atoms with van der Waals surface area (Å²) in [5.74, 6) is 0.120. The van der Waals surface area contributed by atoms with Gasteiger partial charge < -0.3 is 15.1 Å². The average molecular weight is 378 g/mol. The van der Waals surface area contributed by atoms with Crippen LogP contribution in [0.15, 0.2) is 35.5 Å². The summed E-state index contributed by atoms with van der Waals surface area (Å²) in [6, 6.07) is 8.62. The Labute approximate surface area is 165 Å². The lowest BCUT2D eigenvalue weighted by Crippen LogP contribution is -2.45. The molecular formula is C21H26N6O. The van der Waals surface area contributed by atoms with E-state index in [4.69, 9.17) is 0 Å². The summed E-state index contributed by atoms with van der Waals surface area (Å²) in [7, 11) is 1.91. The van der Waals surface area contributed by atoms with Crippen LogP contribution in [-0.2, 0) is 18.3 Å². The van der Waals surface area contributed by atoms with Crippen LogP contribution >= 0.6 is 0 Å². The first-order valence-electron chi connectivity index (χ1n) is 10.1. The molecule has 7 nitrogen and oxygen atoms in total. The number of benzene rings is 1. The Balaban J connectivity index is 1.53. The quantitative estimate of drug-likeness (QED) is 0.851. The fourth-order valence-electron chi connectivity index (χ4n) is 4.71. The number of aryl methyl sites for hydroxylation is 1. The van der Waals surface area contributed by atoms with Gasteiger partial charge in [-0.05, 0) is 29.7 Å². The van der Waals surface area contributed by atoms with Gasteiger partial charge in [-0.2, -0.15) is 5.10 Å². The molecule has 1 aromatic carbocycles. The topological polar surface area (TPSA) is 65.8 Å². The third kappa shape index (κ3) is 2.99. The number of anilines is 1. The number of nitrogens with zero attached hydrogens (tertiary/aromatic N) is 5. The fourth-order valence-corrected chi connectivity index (χ4v) is 4.71. The molecule has 7 heteroatoms.